The number of hydrogen-bond donors (Lipinski definition) is 1. The van der Waals surface area contributed by atoms with Gasteiger partial charge in [0.15, 0.2) is 5.82 Å². The third-order valence-electron chi connectivity index (χ3n) is 5.93. The molecule has 2 heterocycles. The molecule has 1 aliphatic heterocycles. The van der Waals surface area contributed by atoms with Crippen LogP contribution in [0.4, 0.5) is 10.6 Å². The number of unbranched alkanes of at least 4 members (excludes halogenated alkanes) is 1. The Hall–Kier alpha value is -3.36. The molecule has 1 saturated heterocycles. The summed E-state index contributed by atoms with van der Waals surface area (Å²) in [6.07, 6.45) is 2.69. The highest BCUT2D eigenvalue weighted by Crippen LogP contribution is 2.22. The maximum atomic E-state index is 13.0. The van der Waals surface area contributed by atoms with Gasteiger partial charge in [-0.25, -0.2) is 4.79 Å². The van der Waals surface area contributed by atoms with Crippen LogP contribution in [0.3, 0.4) is 0 Å². The number of nitrogens with one attached hydrogen (secondary N) is 1. The van der Waals surface area contributed by atoms with Gasteiger partial charge < -0.3 is 24.8 Å². The number of carbonyl (C=O) groups is 2. The van der Waals surface area contributed by atoms with E-state index in [0.717, 1.165) is 48.6 Å². The van der Waals surface area contributed by atoms with E-state index in [1.807, 2.05) is 48.2 Å². The van der Waals surface area contributed by atoms with Gasteiger partial charge in [-0.1, -0.05) is 13.3 Å². The molecule has 9 nitrogen and oxygen atoms in total. The Balaban J connectivity index is 1.58. The maximum Gasteiger partial charge on any atom is 0.317 e. The second-order valence-electron chi connectivity index (χ2n) is 8.34. The van der Waals surface area contributed by atoms with Crippen molar-refractivity contribution in [2.75, 3.05) is 57.8 Å². The molecule has 0 aliphatic carbocycles. The summed E-state index contributed by atoms with van der Waals surface area (Å²) in [5, 5.41) is 11.7. The van der Waals surface area contributed by atoms with Crippen molar-refractivity contribution in [3.8, 4) is 17.0 Å². The Morgan fingerprint density at radius 1 is 1.03 bits per heavy atom. The Morgan fingerprint density at radius 3 is 2.47 bits per heavy atom. The fourth-order valence-electron chi connectivity index (χ4n) is 3.93. The van der Waals surface area contributed by atoms with Gasteiger partial charge in [0.2, 0.25) is 5.91 Å². The van der Waals surface area contributed by atoms with Crippen molar-refractivity contribution in [3.63, 3.8) is 0 Å². The third kappa shape index (κ3) is 6.82. The summed E-state index contributed by atoms with van der Waals surface area (Å²) < 4.78 is 5.21. The number of hydrogen-bond acceptors (Lipinski definition) is 6. The van der Waals surface area contributed by atoms with Crippen molar-refractivity contribution in [2.24, 2.45) is 0 Å². The number of ether oxygens (including phenoxy) is 1. The van der Waals surface area contributed by atoms with E-state index < -0.39 is 0 Å². The van der Waals surface area contributed by atoms with E-state index in [2.05, 4.69) is 27.3 Å². The summed E-state index contributed by atoms with van der Waals surface area (Å²) in [4.78, 5) is 31.0. The fourth-order valence-corrected chi connectivity index (χ4v) is 3.93. The number of anilines is 1. The minimum absolute atomic E-state index is 0.00913. The summed E-state index contributed by atoms with van der Waals surface area (Å²) in [5.41, 5.74) is 1.78. The van der Waals surface area contributed by atoms with Crippen LogP contribution >= 0.6 is 0 Å². The molecule has 0 spiro atoms. The summed E-state index contributed by atoms with van der Waals surface area (Å²) in [6, 6.07) is 11.5. The first-order chi connectivity index (χ1) is 16.5. The van der Waals surface area contributed by atoms with Gasteiger partial charge >= 0.3 is 6.03 Å². The molecule has 0 unspecified atom stereocenters. The molecule has 0 bridgehead atoms. The molecular formula is C25H36N6O3. The van der Waals surface area contributed by atoms with Crippen LogP contribution < -0.4 is 15.0 Å². The topological polar surface area (TPSA) is 90.9 Å². The van der Waals surface area contributed by atoms with Crippen LogP contribution in [-0.4, -0.2) is 84.9 Å². The molecule has 1 aromatic heterocycles. The van der Waals surface area contributed by atoms with Crippen LogP contribution in [-0.2, 0) is 4.79 Å². The molecule has 184 valence electrons. The van der Waals surface area contributed by atoms with E-state index in [-0.39, 0.29) is 18.5 Å². The highest BCUT2D eigenvalue weighted by atomic mass is 16.5. The second kappa shape index (κ2) is 12.8. The number of benzene rings is 1. The van der Waals surface area contributed by atoms with Crippen molar-refractivity contribution >= 4 is 17.8 Å². The molecular weight excluding hydrogens is 432 g/mol. The van der Waals surface area contributed by atoms with Crippen molar-refractivity contribution in [3.05, 3.63) is 36.4 Å². The monoisotopic (exact) mass is 468 g/mol. The number of aromatic nitrogens is 2. The van der Waals surface area contributed by atoms with E-state index in [1.165, 1.54) is 0 Å². The van der Waals surface area contributed by atoms with E-state index in [4.69, 9.17) is 4.74 Å². The summed E-state index contributed by atoms with van der Waals surface area (Å²) in [5.74, 6) is 1.60. The summed E-state index contributed by atoms with van der Waals surface area (Å²) in [6.45, 7) is 7.95. The minimum Gasteiger partial charge on any atom is -0.497 e. The van der Waals surface area contributed by atoms with Crippen LogP contribution in [0.15, 0.2) is 36.4 Å². The van der Waals surface area contributed by atoms with Crippen LogP contribution in [0, 0.1) is 0 Å². The SMILES string of the molecule is CCCCN(CC(=O)N1CCCN(c2ccc(-c3ccc(OC)cc3)nn2)CC1)C(=O)NCC. The van der Waals surface area contributed by atoms with E-state index in [9.17, 15) is 9.59 Å². The molecule has 3 amide bonds. The van der Waals surface area contributed by atoms with Crippen LogP contribution in [0.5, 0.6) is 5.75 Å². The van der Waals surface area contributed by atoms with Gasteiger partial charge in [-0.05, 0) is 56.2 Å². The van der Waals surface area contributed by atoms with Gasteiger partial charge in [-0.3, -0.25) is 4.79 Å². The zero-order valence-corrected chi connectivity index (χ0v) is 20.5. The zero-order valence-electron chi connectivity index (χ0n) is 20.5. The fraction of sp³-hybridized carbons (Fsp3) is 0.520. The van der Waals surface area contributed by atoms with Crippen molar-refractivity contribution in [1.82, 2.24) is 25.3 Å². The molecule has 0 radical (unpaired) electrons. The number of amides is 3. The average molecular weight is 469 g/mol. The normalized spacial score (nSPS) is 13.9. The van der Waals surface area contributed by atoms with Gasteiger partial charge in [0.05, 0.1) is 12.8 Å². The first kappa shape index (κ1) is 25.3. The average Bonchev–Trinajstić information content (AvgIpc) is 3.13. The molecule has 1 aliphatic rings. The molecule has 9 heteroatoms. The van der Waals surface area contributed by atoms with Gasteiger partial charge in [0, 0.05) is 44.8 Å². The molecule has 1 aromatic carbocycles. The Bertz CT molecular complexity index is 919. The minimum atomic E-state index is -0.173. The Labute approximate surface area is 202 Å². The zero-order chi connectivity index (χ0) is 24.3. The molecule has 2 aromatic rings. The summed E-state index contributed by atoms with van der Waals surface area (Å²) >= 11 is 0. The highest BCUT2D eigenvalue weighted by Gasteiger charge is 2.23. The van der Waals surface area contributed by atoms with Crippen LogP contribution in [0.2, 0.25) is 0 Å². The van der Waals surface area contributed by atoms with Crippen molar-refractivity contribution < 1.29 is 14.3 Å². The number of methoxy groups -OCH3 is 1. The first-order valence-corrected chi connectivity index (χ1v) is 12.1. The first-order valence-electron chi connectivity index (χ1n) is 12.1. The third-order valence-corrected chi connectivity index (χ3v) is 5.93. The van der Waals surface area contributed by atoms with Crippen LogP contribution in [0.1, 0.15) is 33.1 Å². The van der Waals surface area contributed by atoms with Gasteiger partial charge in [0.1, 0.15) is 12.3 Å². The number of nitrogens with zero attached hydrogens (tertiary/aromatic N) is 5. The number of urea groups is 1. The van der Waals surface area contributed by atoms with E-state index in [1.54, 1.807) is 12.0 Å². The van der Waals surface area contributed by atoms with Crippen LogP contribution in [0.25, 0.3) is 11.3 Å². The number of carbonyl (C=O) groups excluding carboxylic acids is 2. The highest BCUT2D eigenvalue weighted by molar-refractivity contribution is 5.84. The molecule has 34 heavy (non-hydrogen) atoms. The molecule has 3 rings (SSSR count). The second-order valence-corrected chi connectivity index (χ2v) is 8.34. The van der Waals surface area contributed by atoms with Gasteiger partial charge in [0.25, 0.3) is 0 Å². The Kier molecular flexibility index (Phi) is 9.49. The molecule has 0 atom stereocenters. The van der Waals surface area contributed by atoms with Gasteiger partial charge in [-0.2, -0.15) is 0 Å². The Morgan fingerprint density at radius 2 is 1.82 bits per heavy atom. The van der Waals surface area contributed by atoms with E-state index >= 15 is 0 Å². The quantitative estimate of drug-likeness (QED) is 0.608. The maximum absolute atomic E-state index is 13.0. The summed E-state index contributed by atoms with van der Waals surface area (Å²) in [7, 11) is 1.64. The van der Waals surface area contributed by atoms with Crippen molar-refractivity contribution in [1.29, 1.82) is 0 Å². The number of rotatable bonds is 9. The van der Waals surface area contributed by atoms with Gasteiger partial charge in [-0.15, -0.1) is 10.2 Å². The lowest BCUT2D eigenvalue weighted by Crippen LogP contribution is -2.47. The van der Waals surface area contributed by atoms with E-state index in [0.29, 0.717) is 32.7 Å². The smallest absolute Gasteiger partial charge is 0.317 e. The lowest BCUT2D eigenvalue weighted by atomic mass is 10.1. The largest absolute Gasteiger partial charge is 0.497 e. The lowest BCUT2D eigenvalue weighted by molar-refractivity contribution is -0.131. The standard InChI is InChI=1S/C25H36N6O3/c1-4-6-14-31(25(33)26-5-2)19-24(32)30-16-7-15-29(17-18-30)23-13-12-22(27-28-23)20-8-10-21(34-3)11-9-20/h8-13H,4-7,14-19H2,1-3H3,(H,26,33). The van der Waals surface area contributed by atoms with Crippen molar-refractivity contribution in [2.45, 2.75) is 33.1 Å². The molecule has 1 fully saturated rings. The lowest BCUT2D eigenvalue weighted by Gasteiger charge is -2.27. The predicted octanol–water partition coefficient (Wildman–Crippen LogP) is 3.02. The predicted molar refractivity (Wildman–Crippen MR) is 133 cm³/mol. The molecule has 1 N–H and O–H groups in total. The molecule has 0 saturated carbocycles.